The van der Waals surface area contributed by atoms with Gasteiger partial charge in [0.1, 0.15) is 6.33 Å². The van der Waals surface area contributed by atoms with E-state index in [1.807, 2.05) is 13.8 Å². The van der Waals surface area contributed by atoms with Crippen molar-refractivity contribution in [1.29, 1.82) is 0 Å². The van der Waals surface area contributed by atoms with E-state index in [9.17, 15) is 9.59 Å². The van der Waals surface area contributed by atoms with Crippen LogP contribution in [-0.2, 0) is 11.8 Å². The van der Waals surface area contributed by atoms with Gasteiger partial charge in [0.2, 0.25) is 5.95 Å². The van der Waals surface area contributed by atoms with E-state index < -0.39 is 5.97 Å². The molecule has 0 unspecified atom stereocenters. The summed E-state index contributed by atoms with van der Waals surface area (Å²) in [4.78, 5) is 26.0. The molecule has 1 rings (SSSR count). The molecule has 0 saturated heterocycles. The highest BCUT2D eigenvalue weighted by Crippen LogP contribution is 2.25. The summed E-state index contributed by atoms with van der Waals surface area (Å²) in [5.41, 5.74) is -0.129. The Morgan fingerprint density at radius 1 is 1.40 bits per heavy atom. The van der Waals surface area contributed by atoms with Crippen LogP contribution in [0.4, 0.5) is 10.7 Å². The zero-order valence-electron chi connectivity index (χ0n) is 12.0. The molecule has 0 aliphatic carbocycles. The van der Waals surface area contributed by atoms with E-state index in [2.05, 4.69) is 20.7 Å². The number of rotatable bonds is 7. The molecular weight excluding hydrogens is 262 g/mol. The monoisotopic (exact) mass is 283 g/mol. The number of carboxylic acids is 1. The summed E-state index contributed by atoms with van der Waals surface area (Å²) in [5, 5.41) is 17.8. The summed E-state index contributed by atoms with van der Waals surface area (Å²) >= 11 is 0. The Morgan fingerprint density at radius 3 is 2.65 bits per heavy atom. The van der Waals surface area contributed by atoms with E-state index >= 15 is 0 Å². The first-order valence-electron chi connectivity index (χ1n) is 6.41. The van der Waals surface area contributed by atoms with Crippen molar-refractivity contribution >= 4 is 17.9 Å². The van der Waals surface area contributed by atoms with Crippen LogP contribution in [0, 0.1) is 5.41 Å². The van der Waals surface area contributed by atoms with Crippen LogP contribution in [0.3, 0.4) is 0 Å². The number of carbonyl (C=O) groups is 2. The van der Waals surface area contributed by atoms with Crippen LogP contribution in [0.2, 0.25) is 0 Å². The first-order chi connectivity index (χ1) is 9.30. The Balaban J connectivity index is 2.27. The normalized spacial score (nSPS) is 11.2. The van der Waals surface area contributed by atoms with Crippen LogP contribution in [-0.4, -0.2) is 38.4 Å². The third-order valence-electron chi connectivity index (χ3n) is 3.04. The topological polar surface area (TPSA) is 109 Å². The molecular formula is C12H21N5O3. The van der Waals surface area contributed by atoms with Gasteiger partial charge < -0.3 is 10.4 Å². The molecule has 20 heavy (non-hydrogen) atoms. The molecule has 0 bridgehead atoms. The van der Waals surface area contributed by atoms with Gasteiger partial charge in [0.05, 0.1) is 0 Å². The highest BCUT2D eigenvalue weighted by atomic mass is 16.4. The number of aromatic nitrogens is 3. The molecule has 0 radical (unpaired) electrons. The van der Waals surface area contributed by atoms with E-state index in [1.165, 1.54) is 11.0 Å². The standard InChI is InChI=1S/C12H21N5O3/c1-12(2,5-4-9(18)19)6-7-13-11(20)16-10-14-8-15-17(10)3/h8H,4-7H2,1-3H3,(H,18,19)(H2,13,14,15,16,20). The molecule has 3 N–H and O–H groups in total. The van der Waals surface area contributed by atoms with Gasteiger partial charge in [-0.1, -0.05) is 13.8 Å². The fraction of sp³-hybridized carbons (Fsp3) is 0.667. The van der Waals surface area contributed by atoms with E-state index in [0.29, 0.717) is 25.3 Å². The Hall–Kier alpha value is -2.12. The van der Waals surface area contributed by atoms with Gasteiger partial charge in [0, 0.05) is 20.0 Å². The molecule has 0 saturated carbocycles. The molecule has 8 nitrogen and oxygen atoms in total. The fourth-order valence-electron chi connectivity index (χ4n) is 1.64. The van der Waals surface area contributed by atoms with Gasteiger partial charge in [0.25, 0.3) is 0 Å². The lowest BCUT2D eigenvalue weighted by Crippen LogP contribution is -2.32. The van der Waals surface area contributed by atoms with Crippen molar-refractivity contribution in [2.75, 3.05) is 11.9 Å². The van der Waals surface area contributed by atoms with Crippen molar-refractivity contribution in [3.05, 3.63) is 6.33 Å². The zero-order chi connectivity index (χ0) is 15.2. The lowest BCUT2D eigenvalue weighted by Gasteiger charge is -2.23. The number of nitrogens with zero attached hydrogens (tertiary/aromatic N) is 3. The minimum Gasteiger partial charge on any atom is -0.481 e. The molecule has 0 atom stereocenters. The average Bonchev–Trinajstić information content (AvgIpc) is 2.72. The molecule has 0 fully saturated rings. The Morgan fingerprint density at radius 2 is 2.10 bits per heavy atom. The van der Waals surface area contributed by atoms with Crippen LogP contribution in [0.5, 0.6) is 0 Å². The molecule has 0 aliphatic rings. The largest absolute Gasteiger partial charge is 0.481 e. The van der Waals surface area contributed by atoms with Gasteiger partial charge in [-0.2, -0.15) is 10.1 Å². The van der Waals surface area contributed by atoms with Gasteiger partial charge in [-0.15, -0.1) is 0 Å². The van der Waals surface area contributed by atoms with E-state index in [1.54, 1.807) is 7.05 Å². The summed E-state index contributed by atoms with van der Waals surface area (Å²) in [6, 6.07) is -0.352. The molecule has 0 spiro atoms. The summed E-state index contributed by atoms with van der Waals surface area (Å²) in [6.07, 6.45) is 2.77. The quantitative estimate of drug-likeness (QED) is 0.697. The fourth-order valence-corrected chi connectivity index (χ4v) is 1.64. The number of amides is 2. The lowest BCUT2D eigenvalue weighted by atomic mass is 9.84. The minimum atomic E-state index is -0.800. The summed E-state index contributed by atoms with van der Waals surface area (Å²) in [7, 11) is 1.68. The predicted molar refractivity (Wildman–Crippen MR) is 73.3 cm³/mol. The van der Waals surface area contributed by atoms with E-state index in [-0.39, 0.29) is 17.9 Å². The van der Waals surface area contributed by atoms with Gasteiger partial charge >= 0.3 is 12.0 Å². The van der Waals surface area contributed by atoms with Gasteiger partial charge in [0.15, 0.2) is 0 Å². The van der Waals surface area contributed by atoms with E-state index in [0.717, 1.165) is 0 Å². The molecule has 1 aromatic rings. The second kappa shape index (κ2) is 6.88. The Kier molecular flexibility index (Phi) is 5.48. The first-order valence-corrected chi connectivity index (χ1v) is 6.41. The third-order valence-corrected chi connectivity index (χ3v) is 3.04. The van der Waals surface area contributed by atoms with Crippen LogP contribution >= 0.6 is 0 Å². The number of anilines is 1. The van der Waals surface area contributed by atoms with Crippen molar-refractivity contribution < 1.29 is 14.7 Å². The number of aliphatic carboxylic acids is 1. The van der Waals surface area contributed by atoms with Crippen LogP contribution in [0.1, 0.15) is 33.1 Å². The molecule has 1 heterocycles. The SMILES string of the molecule is Cn1ncnc1NC(=O)NCCC(C)(C)CCC(=O)O. The second-order valence-corrected chi connectivity index (χ2v) is 5.40. The predicted octanol–water partition coefficient (Wildman–Crippen LogP) is 1.22. The van der Waals surface area contributed by atoms with Crippen molar-refractivity contribution in [3.8, 4) is 0 Å². The minimum absolute atomic E-state index is 0.129. The average molecular weight is 283 g/mol. The maximum absolute atomic E-state index is 11.6. The highest BCUT2D eigenvalue weighted by molar-refractivity contribution is 5.87. The maximum Gasteiger partial charge on any atom is 0.321 e. The van der Waals surface area contributed by atoms with Gasteiger partial charge in [-0.25, -0.2) is 9.48 Å². The number of hydrogen-bond acceptors (Lipinski definition) is 4. The maximum atomic E-state index is 11.6. The van der Waals surface area contributed by atoms with Crippen molar-refractivity contribution in [1.82, 2.24) is 20.1 Å². The molecule has 0 aliphatic heterocycles. The summed E-state index contributed by atoms with van der Waals surface area (Å²) < 4.78 is 1.45. The van der Waals surface area contributed by atoms with Crippen LogP contribution in [0.25, 0.3) is 0 Å². The summed E-state index contributed by atoms with van der Waals surface area (Å²) in [5.74, 6) is -0.432. The number of carbonyl (C=O) groups excluding carboxylic acids is 1. The number of urea groups is 1. The van der Waals surface area contributed by atoms with Crippen molar-refractivity contribution in [2.24, 2.45) is 12.5 Å². The Labute approximate surface area is 117 Å². The second-order valence-electron chi connectivity index (χ2n) is 5.40. The van der Waals surface area contributed by atoms with Crippen LogP contribution < -0.4 is 10.6 Å². The van der Waals surface area contributed by atoms with Gasteiger partial charge in [-0.3, -0.25) is 10.1 Å². The molecule has 1 aromatic heterocycles. The van der Waals surface area contributed by atoms with Gasteiger partial charge in [-0.05, 0) is 18.3 Å². The van der Waals surface area contributed by atoms with E-state index in [4.69, 9.17) is 5.11 Å². The highest BCUT2D eigenvalue weighted by Gasteiger charge is 2.19. The number of aryl methyl sites for hydroxylation is 1. The number of hydrogen-bond donors (Lipinski definition) is 3. The zero-order valence-corrected chi connectivity index (χ0v) is 12.0. The summed E-state index contributed by atoms with van der Waals surface area (Å²) in [6.45, 7) is 4.44. The molecule has 112 valence electrons. The molecule has 8 heteroatoms. The molecule has 0 aromatic carbocycles. The Bertz CT molecular complexity index is 469. The van der Waals surface area contributed by atoms with Crippen molar-refractivity contribution in [3.63, 3.8) is 0 Å². The smallest absolute Gasteiger partial charge is 0.321 e. The lowest BCUT2D eigenvalue weighted by molar-refractivity contribution is -0.137. The first kappa shape index (κ1) is 15.9. The number of carboxylic acid groups (broad SMARTS) is 1. The molecule has 2 amide bonds. The van der Waals surface area contributed by atoms with Crippen molar-refractivity contribution in [2.45, 2.75) is 33.1 Å². The van der Waals surface area contributed by atoms with Crippen LogP contribution in [0.15, 0.2) is 6.33 Å². The number of nitrogens with one attached hydrogen (secondary N) is 2. The third kappa shape index (κ3) is 5.68.